The van der Waals surface area contributed by atoms with Crippen molar-refractivity contribution in [2.24, 2.45) is 5.92 Å². The maximum atomic E-state index is 13.8. The molecule has 1 aliphatic carbocycles. The fraction of sp³-hybridized carbons (Fsp3) is 0.581. The minimum absolute atomic E-state index is 0.0689. The average Bonchev–Trinajstić information content (AvgIpc) is 2.97. The van der Waals surface area contributed by atoms with E-state index < -0.39 is 17.7 Å². The number of aliphatic hydroxyl groups excluding tert-OH is 1. The fourth-order valence-electron chi connectivity index (χ4n) is 6.59. The van der Waals surface area contributed by atoms with E-state index in [1.165, 1.54) is 18.8 Å². The topological polar surface area (TPSA) is 109 Å². The van der Waals surface area contributed by atoms with Crippen molar-refractivity contribution in [3.05, 3.63) is 59.6 Å². The van der Waals surface area contributed by atoms with E-state index in [1.54, 1.807) is 12.1 Å². The largest absolute Gasteiger partial charge is 0.619 e. The molecule has 1 spiro atoms. The van der Waals surface area contributed by atoms with E-state index in [2.05, 4.69) is 17.1 Å². The summed E-state index contributed by atoms with van der Waals surface area (Å²) in [6.45, 7) is 4.77. The highest BCUT2D eigenvalue weighted by Gasteiger charge is 2.55. The second-order valence-electron chi connectivity index (χ2n) is 11.6. The summed E-state index contributed by atoms with van der Waals surface area (Å²) in [5.74, 6) is 0.981. The molecule has 2 unspecified atom stereocenters. The second kappa shape index (κ2) is 12.6. The van der Waals surface area contributed by atoms with Gasteiger partial charge in [0.2, 0.25) is 18.0 Å². The number of aromatic nitrogens is 1. The van der Waals surface area contributed by atoms with E-state index in [-0.39, 0.29) is 17.7 Å². The minimum Gasteiger partial charge on any atom is -0.619 e. The van der Waals surface area contributed by atoms with Crippen molar-refractivity contribution in [3.63, 3.8) is 0 Å². The fourth-order valence-corrected chi connectivity index (χ4v) is 6.59. The molecule has 1 saturated carbocycles. The molecule has 2 amide bonds. The molecule has 9 heteroatoms. The van der Waals surface area contributed by atoms with Gasteiger partial charge in [-0.1, -0.05) is 44.7 Å². The zero-order valence-corrected chi connectivity index (χ0v) is 23.5. The number of nitrogens with zero attached hydrogens (tertiary/aromatic N) is 3. The summed E-state index contributed by atoms with van der Waals surface area (Å²) in [6.07, 6.45) is 10.0. The number of amides is 2. The molecule has 3 fully saturated rings. The predicted molar refractivity (Wildman–Crippen MR) is 150 cm³/mol. The number of aliphatic hydroxyl groups is 1. The highest BCUT2D eigenvalue weighted by Crippen LogP contribution is 2.36. The van der Waals surface area contributed by atoms with Gasteiger partial charge >= 0.3 is 0 Å². The lowest BCUT2D eigenvalue weighted by Gasteiger charge is -2.52. The Bertz CT molecular complexity index is 1160. The van der Waals surface area contributed by atoms with Crippen LogP contribution in [0.25, 0.3) is 0 Å². The predicted octanol–water partition coefficient (Wildman–Crippen LogP) is 3.52. The quantitative estimate of drug-likeness (QED) is 0.365. The molecule has 2 atom stereocenters. The smallest absolute Gasteiger partial charge is 0.248 e. The monoisotopic (exact) mass is 550 g/mol. The van der Waals surface area contributed by atoms with Gasteiger partial charge in [-0.25, -0.2) is 0 Å². The number of pyridine rings is 1. The van der Waals surface area contributed by atoms with Crippen molar-refractivity contribution in [1.29, 1.82) is 0 Å². The van der Waals surface area contributed by atoms with Crippen LogP contribution in [-0.4, -0.2) is 64.0 Å². The summed E-state index contributed by atoms with van der Waals surface area (Å²) in [6, 6.07) is 10.3. The third-order valence-electron chi connectivity index (χ3n) is 8.96. The van der Waals surface area contributed by atoms with Crippen molar-refractivity contribution in [3.8, 4) is 11.5 Å². The number of piperidine rings is 1. The summed E-state index contributed by atoms with van der Waals surface area (Å²) in [5, 5.41) is 25.6. The first-order valence-electron chi connectivity index (χ1n) is 14.9. The van der Waals surface area contributed by atoms with Crippen LogP contribution in [-0.2, 0) is 16.1 Å². The zero-order valence-electron chi connectivity index (χ0n) is 23.5. The molecule has 40 heavy (non-hydrogen) atoms. The normalized spacial score (nSPS) is 22.8. The molecule has 1 aromatic heterocycles. The molecular weight excluding hydrogens is 508 g/mol. The number of hydrogen-bond acceptors (Lipinski definition) is 6. The Labute approximate surface area is 236 Å². The number of benzene rings is 1. The summed E-state index contributed by atoms with van der Waals surface area (Å²) in [7, 11) is 0. The number of carbonyl (C=O) groups excluding carboxylic acids is 2. The van der Waals surface area contributed by atoms with Gasteiger partial charge in [-0.2, -0.15) is 4.73 Å². The number of unbranched alkanes of at least 4 members (excludes halogenated alkanes) is 1. The van der Waals surface area contributed by atoms with Gasteiger partial charge in [0, 0.05) is 32.2 Å². The van der Waals surface area contributed by atoms with Gasteiger partial charge in [0.1, 0.15) is 17.3 Å². The molecule has 2 aromatic rings. The van der Waals surface area contributed by atoms with Crippen LogP contribution in [0.1, 0.15) is 70.3 Å². The molecule has 0 radical (unpaired) electrons. The van der Waals surface area contributed by atoms with Crippen LogP contribution in [0.2, 0.25) is 0 Å². The van der Waals surface area contributed by atoms with Crippen LogP contribution < -0.4 is 14.8 Å². The van der Waals surface area contributed by atoms with Crippen LogP contribution in [0, 0.1) is 11.1 Å². The molecule has 216 valence electrons. The van der Waals surface area contributed by atoms with Crippen LogP contribution in [0.5, 0.6) is 11.5 Å². The van der Waals surface area contributed by atoms with Crippen molar-refractivity contribution in [2.75, 3.05) is 19.6 Å². The van der Waals surface area contributed by atoms with Crippen molar-refractivity contribution in [2.45, 2.75) is 88.9 Å². The van der Waals surface area contributed by atoms with Crippen LogP contribution in [0.15, 0.2) is 48.8 Å². The highest BCUT2D eigenvalue weighted by molar-refractivity contribution is 6.00. The number of rotatable bonds is 9. The number of likely N-dealkylation sites (tertiary alicyclic amines) is 1. The third-order valence-corrected chi connectivity index (χ3v) is 8.96. The Kier molecular flexibility index (Phi) is 8.90. The Morgan fingerprint density at radius 1 is 1.10 bits per heavy atom. The summed E-state index contributed by atoms with van der Waals surface area (Å²) < 4.78 is 6.48. The lowest BCUT2D eigenvalue weighted by molar-refractivity contribution is -0.605. The Hall–Kier alpha value is -3.17. The van der Waals surface area contributed by atoms with E-state index >= 15 is 0 Å². The summed E-state index contributed by atoms with van der Waals surface area (Å²) in [5.41, 5.74) is 0.273. The van der Waals surface area contributed by atoms with Crippen LogP contribution in [0.4, 0.5) is 0 Å². The van der Waals surface area contributed by atoms with Gasteiger partial charge in [-0.3, -0.25) is 14.5 Å². The van der Waals surface area contributed by atoms with Crippen molar-refractivity contribution < 1.29 is 24.2 Å². The van der Waals surface area contributed by atoms with Crippen molar-refractivity contribution >= 4 is 11.8 Å². The molecule has 0 bridgehead atoms. The average molecular weight is 551 g/mol. The number of carbonyl (C=O) groups is 2. The van der Waals surface area contributed by atoms with E-state index in [0.717, 1.165) is 50.6 Å². The minimum atomic E-state index is -0.850. The molecule has 2 saturated heterocycles. The standard InChI is InChI=1S/C31H42N4O5/c1-2-3-18-35-29(37)27(28(36)24-8-5-4-6-9-24)32-30(38)31(35)15-19-33(20-16-31)21-23-11-13-25(14-12-23)40-26-10-7-17-34(39)22-26/h7,10-14,17,22,24,27-28,36H,2-6,8-9,15-16,18-21H2,1H3,(H,32,38). The molecule has 2 N–H and O–H groups in total. The first kappa shape index (κ1) is 28.4. The lowest BCUT2D eigenvalue weighted by atomic mass is 9.78. The summed E-state index contributed by atoms with van der Waals surface area (Å²) >= 11 is 0. The van der Waals surface area contributed by atoms with E-state index in [9.17, 15) is 19.9 Å². The molecular formula is C31H42N4O5. The maximum Gasteiger partial charge on any atom is 0.248 e. The maximum absolute atomic E-state index is 13.8. The number of piperazine rings is 1. The first-order chi connectivity index (χ1) is 19.4. The first-order valence-corrected chi connectivity index (χ1v) is 14.9. The Morgan fingerprint density at radius 3 is 2.50 bits per heavy atom. The Balaban J connectivity index is 1.22. The molecule has 2 aliphatic heterocycles. The van der Waals surface area contributed by atoms with Crippen LogP contribution >= 0.6 is 0 Å². The van der Waals surface area contributed by atoms with Crippen molar-refractivity contribution in [1.82, 2.24) is 15.1 Å². The number of nitrogens with one attached hydrogen (secondary N) is 1. The Morgan fingerprint density at radius 2 is 1.82 bits per heavy atom. The van der Waals surface area contributed by atoms with Crippen LogP contribution in [0.3, 0.4) is 0 Å². The van der Waals surface area contributed by atoms with Gasteiger partial charge in [0.15, 0.2) is 11.9 Å². The SMILES string of the molecule is CCCCN1C(=O)C(C(O)C2CCCCC2)NC(=O)C12CCN(Cc1ccc(Oc3ccc[n+]([O-])c3)cc1)CC2. The molecule has 9 nitrogen and oxygen atoms in total. The molecule has 1 aromatic carbocycles. The van der Waals surface area contributed by atoms with E-state index in [0.29, 0.717) is 48.7 Å². The van der Waals surface area contributed by atoms with Gasteiger partial charge in [0.25, 0.3) is 0 Å². The van der Waals surface area contributed by atoms with Gasteiger partial charge in [-0.05, 0) is 61.8 Å². The number of hydrogen-bond donors (Lipinski definition) is 2. The summed E-state index contributed by atoms with van der Waals surface area (Å²) in [4.78, 5) is 31.6. The van der Waals surface area contributed by atoms with Gasteiger partial charge in [0.05, 0.1) is 6.10 Å². The lowest BCUT2D eigenvalue weighted by Crippen LogP contribution is -2.75. The van der Waals surface area contributed by atoms with Gasteiger partial charge < -0.3 is 25.3 Å². The number of ether oxygens (including phenoxy) is 1. The highest BCUT2D eigenvalue weighted by atomic mass is 16.5. The van der Waals surface area contributed by atoms with Gasteiger partial charge in [-0.15, -0.1) is 0 Å². The molecule has 5 rings (SSSR count). The second-order valence-corrected chi connectivity index (χ2v) is 11.6. The zero-order chi connectivity index (χ0) is 28.1. The van der Waals surface area contributed by atoms with E-state index in [4.69, 9.17) is 4.74 Å². The molecule has 3 heterocycles. The third kappa shape index (κ3) is 6.10. The molecule has 3 aliphatic rings. The van der Waals surface area contributed by atoms with E-state index in [1.807, 2.05) is 29.2 Å².